The van der Waals surface area contributed by atoms with Gasteiger partial charge in [-0.05, 0) is 30.3 Å². The van der Waals surface area contributed by atoms with Crippen LogP contribution in [0.25, 0.3) is 17.1 Å². The molecule has 3 aromatic rings. The summed E-state index contributed by atoms with van der Waals surface area (Å²) in [6.07, 6.45) is 0. The molecule has 140 valence electrons. The summed E-state index contributed by atoms with van der Waals surface area (Å²) in [7, 11) is 1.17. The van der Waals surface area contributed by atoms with Crippen molar-refractivity contribution in [3.8, 4) is 23.1 Å². The summed E-state index contributed by atoms with van der Waals surface area (Å²) in [5.41, 5.74) is -0.170. The molecule has 0 bridgehead atoms. The number of halogens is 4. The zero-order chi connectivity index (χ0) is 19.6. The van der Waals surface area contributed by atoms with Crippen LogP contribution in [0.2, 0.25) is 0 Å². The third kappa shape index (κ3) is 4.11. The Labute approximate surface area is 159 Å². The molecule has 0 amide bonds. The first-order valence-corrected chi connectivity index (χ1v) is 8.26. The van der Waals surface area contributed by atoms with Crippen LogP contribution < -0.4 is 4.74 Å². The standard InChI is InChI=1S/C17H11BrF3N3O3/c1-26-15(25)8-27-17-22-16(11-4-2-9(18)6-12(11)20)24(23-17)14-5-3-10(19)7-13(14)21/h2-7H,8H2,1H3. The van der Waals surface area contributed by atoms with Crippen LogP contribution >= 0.6 is 15.9 Å². The second-order valence-corrected chi connectivity index (χ2v) is 6.13. The van der Waals surface area contributed by atoms with Gasteiger partial charge in [0.05, 0.1) is 12.7 Å². The first-order chi connectivity index (χ1) is 12.9. The van der Waals surface area contributed by atoms with E-state index in [1.165, 1.54) is 19.2 Å². The number of ether oxygens (including phenoxy) is 2. The summed E-state index contributed by atoms with van der Waals surface area (Å²) in [5.74, 6) is -3.14. The van der Waals surface area contributed by atoms with Gasteiger partial charge in [0.1, 0.15) is 17.3 Å². The highest BCUT2D eigenvalue weighted by Crippen LogP contribution is 2.28. The quantitative estimate of drug-likeness (QED) is 0.565. The van der Waals surface area contributed by atoms with E-state index in [0.29, 0.717) is 10.5 Å². The fraction of sp³-hybridized carbons (Fsp3) is 0.118. The van der Waals surface area contributed by atoms with Gasteiger partial charge in [-0.25, -0.2) is 22.6 Å². The first-order valence-electron chi connectivity index (χ1n) is 7.46. The second-order valence-electron chi connectivity index (χ2n) is 5.21. The Morgan fingerprint density at radius 2 is 1.93 bits per heavy atom. The Hall–Kier alpha value is -2.88. The summed E-state index contributed by atoms with van der Waals surface area (Å²) in [6, 6.07) is 6.68. The number of esters is 1. The van der Waals surface area contributed by atoms with Gasteiger partial charge in [-0.2, -0.15) is 4.98 Å². The molecular weight excluding hydrogens is 431 g/mol. The zero-order valence-electron chi connectivity index (χ0n) is 13.7. The monoisotopic (exact) mass is 441 g/mol. The molecule has 0 radical (unpaired) electrons. The van der Waals surface area contributed by atoms with Gasteiger partial charge in [-0.1, -0.05) is 15.9 Å². The van der Waals surface area contributed by atoms with Crippen LogP contribution in [0.1, 0.15) is 0 Å². The number of hydrogen-bond donors (Lipinski definition) is 0. The van der Waals surface area contributed by atoms with E-state index in [2.05, 4.69) is 30.7 Å². The molecule has 0 fully saturated rings. The molecule has 1 aromatic heterocycles. The number of methoxy groups -OCH3 is 1. The minimum absolute atomic E-state index is 0.00217. The molecule has 0 aliphatic carbocycles. The summed E-state index contributed by atoms with van der Waals surface area (Å²) in [6.45, 7) is -0.491. The Balaban J connectivity index is 2.11. The van der Waals surface area contributed by atoms with Crippen LogP contribution in [-0.2, 0) is 9.53 Å². The zero-order valence-corrected chi connectivity index (χ0v) is 15.3. The minimum atomic E-state index is -0.932. The van der Waals surface area contributed by atoms with Gasteiger partial charge in [-0.3, -0.25) is 0 Å². The third-order valence-corrected chi connectivity index (χ3v) is 3.94. The number of nitrogens with zero attached hydrogens (tertiary/aromatic N) is 3. The van der Waals surface area contributed by atoms with E-state index < -0.39 is 30.0 Å². The van der Waals surface area contributed by atoms with Gasteiger partial charge in [0.15, 0.2) is 18.2 Å². The Morgan fingerprint density at radius 3 is 2.59 bits per heavy atom. The van der Waals surface area contributed by atoms with Crippen molar-refractivity contribution in [2.75, 3.05) is 13.7 Å². The van der Waals surface area contributed by atoms with Gasteiger partial charge < -0.3 is 9.47 Å². The molecule has 10 heteroatoms. The third-order valence-electron chi connectivity index (χ3n) is 3.44. The Morgan fingerprint density at radius 1 is 1.15 bits per heavy atom. The van der Waals surface area contributed by atoms with E-state index >= 15 is 0 Å². The molecule has 0 atom stereocenters. The molecule has 1 heterocycles. The fourth-order valence-electron chi connectivity index (χ4n) is 2.20. The lowest BCUT2D eigenvalue weighted by Gasteiger charge is -2.08. The fourth-order valence-corrected chi connectivity index (χ4v) is 2.54. The molecule has 0 aliphatic rings. The molecule has 0 aliphatic heterocycles. The SMILES string of the molecule is COC(=O)COc1nc(-c2ccc(Br)cc2F)n(-c2ccc(F)cc2F)n1. The highest BCUT2D eigenvalue weighted by atomic mass is 79.9. The number of rotatable bonds is 5. The number of carbonyl (C=O) groups is 1. The van der Waals surface area contributed by atoms with Crippen molar-refractivity contribution in [2.45, 2.75) is 0 Å². The van der Waals surface area contributed by atoms with Gasteiger partial charge in [0, 0.05) is 10.5 Å². The van der Waals surface area contributed by atoms with E-state index in [0.717, 1.165) is 16.8 Å². The highest BCUT2D eigenvalue weighted by molar-refractivity contribution is 9.10. The van der Waals surface area contributed by atoms with Crippen molar-refractivity contribution in [1.82, 2.24) is 14.8 Å². The van der Waals surface area contributed by atoms with Gasteiger partial charge in [0.2, 0.25) is 0 Å². The maximum Gasteiger partial charge on any atom is 0.344 e. The number of hydrogen-bond acceptors (Lipinski definition) is 5. The van der Waals surface area contributed by atoms with Crippen molar-refractivity contribution in [2.24, 2.45) is 0 Å². The number of benzene rings is 2. The van der Waals surface area contributed by atoms with E-state index in [-0.39, 0.29) is 23.1 Å². The number of carbonyl (C=O) groups excluding carboxylic acids is 1. The van der Waals surface area contributed by atoms with Crippen LogP contribution in [0.4, 0.5) is 13.2 Å². The maximum absolute atomic E-state index is 14.4. The van der Waals surface area contributed by atoms with Crippen molar-refractivity contribution < 1.29 is 27.4 Å². The summed E-state index contributed by atoms with van der Waals surface area (Å²) < 4.78 is 52.9. The predicted octanol–water partition coefficient (Wildman–Crippen LogP) is 3.67. The van der Waals surface area contributed by atoms with Crippen LogP contribution in [0.5, 0.6) is 6.01 Å². The molecule has 2 aromatic carbocycles. The Kier molecular flexibility index (Phi) is 5.45. The Bertz CT molecular complexity index is 941. The van der Waals surface area contributed by atoms with Crippen LogP contribution in [0.15, 0.2) is 40.9 Å². The van der Waals surface area contributed by atoms with Gasteiger partial charge in [-0.15, -0.1) is 5.10 Å². The smallest absolute Gasteiger partial charge is 0.344 e. The van der Waals surface area contributed by atoms with Gasteiger partial charge >= 0.3 is 12.0 Å². The summed E-state index contributed by atoms with van der Waals surface area (Å²) >= 11 is 3.15. The first kappa shape index (κ1) is 18.9. The molecule has 0 unspecified atom stereocenters. The summed E-state index contributed by atoms with van der Waals surface area (Å²) in [4.78, 5) is 15.2. The average molecular weight is 442 g/mol. The van der Waals surface area contributed by atoms with Crippen molar-refractivity contribution in [3.63, 3.8) is 0 Å². The molecule has 0 spiro atoms. The molecular formula is C17H11BrF3N3O3. The average Bonchev–Trinajstić information content (AvgIpc) is 3.03. The van der Waals surface area contributed by atoms with Crippen LogP contribution in [-0.4, -0.2) is 34.5 Å². The van der Waals surface area contributed by atoms with Crippen molar-refractivity contribution in [1.29, 1.82) is 0 Å². The predicted molar refractivity (Wildman–Crippen MR) is 91.9 cm³/mol. The van der Waals surface area contributed by atoms with Gasteiger partial charge in [0.25, 0.3) is 0 Å². The summed E-state index contributed by atoms with van der Waals surface area (Å²) in [5, 5.41) is 3.95. The normalized spacial score (nSPS) is 10.7. The molecule has 0 saturated heterocycles. The van der Waals surface area contributed by atoms with Crippen molar-refractivity contribution in [3.05, 3.63) is 58.3 Å². The van der Waals surface area contributed by atoms with Crippen molar-refractivity contribution >= 4 is 21.9 Å². The van der Waals surface area contributed by atoms with E-state index in [1.54, 1.807) is 6.07 Å². The molecule has 27 heavy (non-hydrogen) atoms. The molecule has 0 N–H and O–H groups in total. The lowest BCUT2D eigenvalue weighted by Crippen LogP contribution is -2.13. The lowest BCUT2D eigenvalue weighted by molar-refractivity contribution is -0.143. The highest BCUT2D eigenvalue weighted by Gasteiger charge is 2.21. The molecule has 3 rings (SSSR count). The largest absolute Gasteiger partial charge is 0.466 e. The second kappa shape index (κ2) is 7.78. The molecule has 6 nitrogen and oxygen atoms in total. The molecule has 0 saturated carbocycles. The lowest BCUT2D eigenvalue weighted by atomic mass is 10.2. The van der Waals surface area contributed by atoms with Crippen LogP contribution in [0, 0.1) is 17.5 Å². The minimum Gasteiger partial charge on any atom is -0.466 e. The van der Waals surface area contributed by atoms with E-state index in [4.69, 9.17) is 4.74 Å². The van der Waals surface area contributed by atoms with E-state index in [1.807, 2.05) is 0 Å². The maximum atomic E-state index is 14.4. The topological polar surface area (TPSA) is 66.2 Å². The van der Waals surface area contributed by atoms with Crippen LogP contribution in [0.3, 0.4) is 0 Å². The van der Waals surface area contributed by atoms with E-state index in [9.17, 15) is 18.0 Å². The number of aromatic nitrogens is 3.